The number of carbonyl (C=O) groups is 7. The van der Waals surface area contributed by atoms with Gasteiger partial charge in [0.25, 0.3) is 0 Å². The number of esters is 7. The Morgan fingerprint density at radius 2 is 1.07 bits per heavy atom. The highest BCUT2D eigenvalue weighted by molar-refractivity contribution is 5.69. The molecule has 0 N–H and O–H groups in total. The Morgan fingerprint density at radius 3 is 1.61 bits per heavy atom. The summed E-state index contributed by atoms with van der Waals surface area (Å²) in [5.74, 6) is -7.56. The minimum absolute atomic E-state index is 0.783. The lowest BCUT2D eigenvalue weighted by atomic mass is 9.96. The van der Waals surface area contributed by atoms with Gasteiger partial charge in [0, 0.05) is 58.8 Å². The van der Waals surface area contributed by atoms with E-state index >= 15 is 0 Å². The van der Waals surface area contributed by atoms with E-state index in [-0.39, 0.29) is 0 Å². The summed E-state index contributed by atoms with van der Waals surface area (Å²) in [6, 6.07) is -1.60. The van der Waals surface area contributed by atoms with Crippen LogP contribution in [0.2, 0.25) is 0 Å². The maximum absolute atomic E-state index is 12.4. The monoisotopic (exact) mass is 665 g/mol. The fraction of sp³-hybridized carbons (Fsp3) is 0.731. The highest BCUT2D eigenvalue weighted by Gasteiger charge is 2.55. The molecular weight excluding hydrogens is 626 g/mol. The predicted molar refractivity (Wildman–Crippen MR) is 142 cm³/mol. The van der Waals surface area contributed by atoms with Crippen LogP contribution >= 0.6 is 0 Å². The Hall–Kier alpha value is -4.52. The first-order valence-corrected chi connectivity index (χ1v) is 13.1. The van der Waals surface area contributed by atoms with Crippen molar-refractivity contribution in [3.8, 4) is 0 Å². The first-order valence-electron chi connectivity index (χ1n) is 15.9. The van der Waals surface area contributed by atoms with E-state index in [2.05, 4.69) is 10.0 Å². The molecule has 1 unspecified atom stereocenters. The molecule has 0 aromatic carbocycles. The van der Waals surface area contributed by atoms with Crippen LogP contribution in [0.15, 0.2) is 5.11 Å². The van der Waals surface area contributed by atoms with E-state index in [1.165, 1.54) is 0 Å². The van der Waals surface area contributed by atoms with Crippen LogP contribution in [-0.4, -0.2) is 116 Å². The van der Waals surface area contributed by atoms with Gasteiger partial charge in [-0.1, -0.05) is 5.11 Å². The number of azide groups is 1. The van der Waals surface area contributed by atoms with Crippen LogP contribution in [0.4, 0.5) is 0 Å². The predicted octanol–water partition coefficient (Wildman–Crippen LogP) is -0.0836. The summed E-state index contributed by atoms with van der Waals surface area (Å²) in [4.78, 5) is 87.5. The second-order valence-corrected chi connectivity index (χ2v) is 9.42. The maximum Gasteiger partial charge on any atom is 0.304 e. The van der Waals surface area contributed by atoms with E-state index in [4.69, 9.17) is 58.4 Å². The van der Waals surface area contributed by atoms with E-state index in [0.717, 1.165) is 20.8 Å². The van der Waals surface area contributed by atoms with Gasteiger partial charge in [0.1, 0.15) is 24.9 Å². The van der Waals surface area contributed by atoms with Gasteiger partial charge >= 0.3 is 41.8 Å². The van der Waals surface area contributed by atoms with E-state index in [1.54, 1.807) is 0 Å². The highest BCUT2D eigenvalue weighted by Crippen LogP contribution is 2.33. The van der Waals surface area contributed by atoms with Crippen molar-refractivity contribution in [1.82, 2.24) is 0 Å². The SMILES string of the molecule is [2H]CC(=O)OC[C@H]1OC(OC[C@H]2O[C@H](OC(C)=O)[C@H](N=[N+]=[N-])[C@@H](OC(C)=O)[C@@H]2OC(C)=O)[C@H](OC(=O)C[2H])[C@@H](OC(=O)C[2H])[C@H]1OC(=O)C[2H]. The number of hydrogen-bond donors (Lipinski definition) is 0. The highest BCUT2D eigenvalue weighted by atomic mass is 16.8. The van der Waals surface area contributed by atoms with Crippen molar-refractivity contribution in [3.05, 3.63) is 10.4 Å². The van der Waals surface area contributed by atoms with E-state index in [9.17, 15) is 33.6 Å². The summed E-state index contributed by atoms with van der Waals surface area (Å²) in [5, 5.41) is 3.48. The maximum atomic E-state index is 12.4. The molecule has 2 fully saturated rings. The van der Waals surface area contributed by atoms with Crippen molar-refractivity contribution < 1.29 is 86.4 Å². The summed E-state index contributed by atoms with van der Waals surface area (Å²) in [5.41, 5.74) is 9.15. The Kier molecular flexibility index (Phi) is 11.8. The second-order valence-electron chi connectivity index (χ2n) is 9.42. The Labute approximate surface area is 267 Å². The average Bonchev–Trinajstić information content (AvgIpc) is 3.06. The molecule has 256 valence electrons. The fourth-order valence-corrected chi connectivity index (χ4v) is 4.50. The zero-order chi connectivity index (χ0) is 37.5. The molecule has 0 spiro atoms. The molecule has 0 amide bonds. The molecule has 0 bridgehead atoms. The van der Waals surface area contributed by atoms with Crippen molar-refractivity contribution in [3.63, 3.8) is 0 Å². The van der Waals surface area contributed by atoms with Crippen LogP contribution in [0.3, 0.4) is 0 Å². The summed E-state index contributed by atoms with van der Waals surface area (Å²) in [6.07, 6.45) is -15.7. The summed E-state index contributed by atoms with van der Waals surface area (Å²) >= 11 is 0. The zero-order valence-electron chi connectivity index (χ0n) is 28.8. The lowest BCUT2D eigenvalue weighted by molar-refractivity contribution is -0.322. The molecule has 0 aliphatic carbocycles. The molecule has 0 radical (unpaired) electrons. The number of nitrogens with zero attached hydrogens (tertiary/aromatic N) is 3. The van der Waals surface area contributed by atoms with Crippen molar-refractivity contribution in [2.24, 2.45) is 5.11 Å². The molecule has 46 heavy (non-hydrogen) atoms. The number of rotatable bonds is 12. The van der Waals surface area contributed by atoms with Crippen LogP contribution in [-0.2, 0) is 80.9 Å². The summed E-state index contributed by atoms with van der Waals surface area (Å²) < 4.78 is 83.1. The molecule has 2 heterocycles. The minimum atomic E-state index is -1.91. The molecule has 20 nitrogen and oxygen atoms in total. The van der Waals surface area contributed by atoms with Crippen LogP contribution in [0.25, 0.3) is 10.4 Å². The van der Waals surface area contributed by atoms with Crippen molar-refractivity contribution in [1.29, 1.82) is 0 Å². The Bertz CT molecular complexity index is 1300. The smallest absolute Gasteiger partial charge is 0.304 e. The van der Waals surface area contributed by atoms with Gasteiger partial charge in [-0.15, -0.1) is 0 Å². The van der Waals surface area contributed by atoms with E-state index in [0.29, 0.717) is 0 Å². The molecule has 2 rings (SSSR count). The van der Waals surface area contributed by atoms with Gasteiger partial charge in [0.15, 0.2) is 36.8 Å². The van der Waals surface area contributed by atoms with Gasteiger partial charge < -0.3 is 47.4 Å². The van der Waals surface area contributed by atoms with Gasteiger partial charge in [0.2, 0.25) is 6.29 Å². The standard InChI is InChI=1S/C26H35N3O17/c1-10(30)37-8-17-21(40-12(3)32)23(42-14(5)34)24(43-15(6)35)26(46-17)38-9-18-20(39-11(2)31)22(41-13(4)33)19(28-29-27)25(45-18)44-16(7)36/h17-26H,8-9H2,1-7H3/t17-,18-,19-,20-,21+,22-,23+,24-,25+,26?/m1/s1/i1D,3D,5D,6D. The van der Waals surface area contributed by atoms with Crippen molar-refractivity contribution in [2.75, 3.05) is 13.2 Å². The van der Waals surface area contributed by atoms with E-state index in [1.807, 2.05) is 0 Å². The normalized spacial score (nSPS) is 31.5. The minimum Gasteiger partial charge on any atom is -0.463 e. The molecule has 0 saturated carbocycles. The first kappa shape index (κ1) is 31.5. The third-order valence-corrected chi connectivity index (χ3v) is 5.91. The number of hydrogen-bond acceptors (Lipinski definition) is 18. The zero-order valence-corrected chi connectivity index (χ0v) is 24.8. The molecule has 0 aromatic rings. The summed E-state index contributed by atoms with van der Waals surface area (Å²) in [7, 11) is 0. The second kappa shape index (κ2) is 17.2. The van der Waals surface area contributed by atoms with Gasteiger partial charge in [-0.2, -0.15) is 0 Å². The number of ether oxygens (including phenoxy) is 10. The van der Waals surface area contributed by atoms with Gasteiger partial charge in [-0.3, -0.25) is 33.6 Å². The molecule has 0 aromatic heterocycles. The van der Waals surface area contributed by atoms with Crippen molar-refractivity contribution in [2.45, 2.75) is 110 Å². The first-order chi connectivity index (χ1) is 23.7. The largest absolute Gasteiger partial charge is 0.463 e. The van der Waals surface area contributed by atoms with Crippen molar-refractivity contribution >= 4 is 41.8 Å². The molecule has 2 aliphatic rings. The van der Waals surface area contributed by atoms with Gasteiger partial charge in [-0.25, -0.2) is 0 Å². The van der Waals surface area contributed by atoms with Gasteiger partial charge in [-0.05, 0) is 5.53 Å². The number of carbonyl (C=O) groups excluding carboxylic acids is 7. The Morgan fingerprint density at radius 1 is 0.609 bits per heavy atom. The third kappa shape index (κ3) is 11.1. The summed E-state index contributed by atoms with van der Waals surface area (Å²) in [6.45, 7) is -2.40. The van der Waals surface area contributed by atoms with Crippen LogP contribution in [0.1, 0.15) is 53.9 Å². The van der Waals surface area contributed by atoms with Crippen LogP contribution < -0.4 is 0 Å². The molecule has 10 atom stereocenters. The fourth-order valence-electron chi connectivity index (χ4n) is 4.50. The van der Waals surface area contributed by atoms with Crippen LogP contribution in [0, 0.1) is 0 Å². The molecule has 2 aliphatic heterocycles. The van der Waals surface area contributed by atoms with Crippen LogP contribution in [0.5, 0.6) is 0 Å². The average molecular weight is 666 g/mol. The third-order valence-electron chi connectivity index (χ3n) is 5.91. The molecule has 2 saturated heterocycles. The lowest BCUT2D eigenvalue weighted by Gasteiger charge is -2.45. The Balaban J connectivity index is 2.63. The van der Waals surface area contributed by atoms with E-state index < -0.39 is 144 Å². The molecule has 20 heteroatoms. The molecular formula is C26H35N3O17. The van der Waals surface area contributed by atoms with Gasteiger partial charge in [0.05, 0.1) is 6.61 Å². The topological polar surface area (TPSA) is 261 Å². The lowest BCUT2D eigenvalue weighted by Crippen LogP contribution is -2.64. The quantitative estimate of drug-likeness (QED) is 0.0867.